The van der Waals surface area contributed by atoms with E-state index in [0.29, 0.717) is 10.6 Å². The molecule has 0 aliphatic rings. The molecule has 5 nitrogen and oxygen atoms in total. The van der Waals surface area contributed by atoms with Crippen LogP contribution in [0.3, 0.4) is 0 Å². The number of benzene rings is 2. The largest absolute Gasteiger partial charge is 0.479 e. The van der Waals surface area contributed by atoms with Crippen LogP contribution in [-0.4, -0.2) is 35.5 Å². The van der Waals surface area contributed by atoms with E-state index < -0.39 is 41.7 Å². The number of halogens is 3. The van der Waals surface area contributed by atoms with E-state index in [1.807, 2.05) is 0 Å². The van der Waals surface area contributed by atoms with E-state index in [2.05, 4.69) is 0 Å². The Morgan fingerprint density at radius 3 is 2.58 bits per heavy atom. The summed E-state index contributed by atoms with van der Waals surface area (Å²) in [6, 6.07) is 7.64. The van der Waals surface area contributed by atoms with Crippen molar-refractivity contribution in [2.45, 2.75) is 12.6 Å². The summed E-state index contributed by atoms with van der Waals surface area (Å²) in [4.78, 5) is 24.5. The molecule has 1 amide bonds. The van der Waals surface area contributed by atoms with Gasteiger partial charge in [-0.25, -0.2) is 13.6 Å². The standard InChI is InChI=1S/C18H16ClF2NO4/c1-22(16(23)10-26-9-11-4-2-3-5-14(11)19)17(18(24)25)13-8-12(20)6-7-15(13)21/h2-8,17H,9-10H2,1H3,(H,24,25). The number of ether oxygens (including phenoxy) is 1. The first kappa shape index (κ1) is 19.8. The van der Waals surface area contributed by atoms with Gasteiger partial charge in [0, 0.05) is 17.6 Å². The van der Waals surface area contributed by atoms with Crippen molar-refractivity contribution in [1.82, 2.24) is 4.90 Å². The monoisotopic (exact) mass is 383 g/mol. The van der Waals surface area contributed by atoms with E-state index in [4.69, 9.17) is 16.3 Å². The molecule has 0 fully saturated rings. The molecule has 138 valence electrons. The van der Waals surface area contributed by atoms with Crippen LogP contribution in [0.2, 0.25) is 5.02 Å². The smallest absolute Gasteiger partial charge is 0.331 e. The molecule has 1 unspecified atom stereocenters. The molecule has 0 aliphatic carbocycles. The fourth-order valence-corrected chi connectivity index (χ4v) is 2.53. The van der Waals surface area contributed by atoms with Crippen LogP contribution >= 0.6 is 11.6 Å². The van der Waals surface area contributed by atoms with Gasteiger partial charge in [-0.1, -0.05) is 29.8 Å². The maximum Gasteiger partial charge on any atom is 0.331 e. The maximum absolute atomic E-state index is 13.9. The molecular weight excluding hydrogens is 368 g/mol. The lowest BCUT2D eigenvalue weighted by molar-refractivity contribution is -0.151. The minimum absolute atomic E-state index is 0.0469. The third kappa shape index (κ3) is 4.77. The predicted octanol–water partition coefficient (Wildman–Crippen LogP) is 3.42. The molecule has 0 bridgehead atoms. The predicted molar refractivity (Wildman–Crippen MR) is 90.6 cm³/mol. The first-order chi connectivity index (χ1) is 12.3. The molecule has 0 heterocycles. The topological polar surface area (TPSA) is 66.8 Å². The van der Waals surface area contributed by atoms with E-state index >= 15 is 0 Å². The summed E-state index contributed by atoms with van der Waals surface area (Å²) in [5.74, 6) is -3.91. The summed E-state index contributed by atoms with van der Waals surface area (Å²) in [5, 5.41) is 9.83. The zero-order chi connectivity index (χ0) is 19.3. The Balaban J connectivity index is 2.07. The molecule has 0 saturated carbocycles. The molecule has 0 radical (unpaired) electrons. The Kier molecular flexibility index (Phi) is 6.65. The average Bonchev–Trinajstić information content (AvgIpc) is 2.59. The molecule has 8 heteroatoms. The van der Waals surface area contributed by atoms with Gasteiger partial charge in [0.15, 0.2) is 6.04 Å². The Morgan fingerprint density at radius 1 is 1.23 bits per heavy atom. The van der Waals surface area contributed by atoms with Crippen molar-refractivity contribution in [2.75, 3.05) is 13.7 Å². The molecule has 2 aromatic rings. The summed E-state index contributed by atoms with van der Waals surface area (Å²) in [6.07, 6.45) is 0. The van der Waals surface area contributed by atoms with Crippen LogP contribution in [0.4, 0.5) is 8.78 Å². The molecule has 26 heavy (non-hydrogen) atoms. The van der Waals surface area contributed by atoms with Crippen LogP contribution in [0.5, 0.6) is 0 Å². The third-order valence-electron chi connectivity index (χ3n) is 3.71. The minimum Gasteiger partial charge on any atom is -0.479 e. The van der Waals surface area contributed by atoms with Crippen LogP contribution in [0.1, 0.15) is 17.2 Å². The molecule has 2 aromatic carbocycles. The normalized spacial score (nSPS) is 11.8. The SMILES string of the molecule is CN(C(=O)COCc1ccccc1Cl)C(C(=O)O)c1cc(F)ccc1F. The van der Waals surface area contributed by atoms with Gasteiger partial charge < -0.3 is 14.7 Å². The number of aliphatic carboxylic acids is 1. The lowest BCUT2D eigenvalue weighted by atomic mass is 10.0. The molecule has 1 atom stereocenters. The summed E-state index contributed by atoms with van der Waals surface area (Å²) < 4.78 is 32.5. The fraction of sp³-hybridized carbons (Fsp3) is 0.222. The Hall–Kier alpha value is -2.51. The van der Waals surface area contributed by atoms with Gasteiger partial charge in [-0.2, -0.15) is 0 Å². The number of hydrogen-bond donors (Lipinski definition) is 1. The lowest BCUT2D eigenvalue weighted by Crippen LogP contribution is -2.38. The highest BCUT2D eigenvalue weighted by Gasteiger charge is 2.31. The Morgan fingerprint density at radius 2 is 1.92 bits per heavy atom. The molecule has 2 rings (SSSR count). The quantitative estimate of drug-likeness (QED) is 0.795. The summed E-state index contributed by atoms with van der Waals surface area (Å²) in [6.45, 7) is -0.395. The molecule has 0 aliphatic heterocycles. The summed E-state index contributed by atoms with van der Waals surface area (Å²) in [7, 11) is 1.18. The molecule has 1 N–H and O–H groups in total. The van der Waals surface area contributed by atoms with Crippen LogP contribution in [0, 0.1) is 11.6 Å². The summed E-state index contributed by atoms with van der Waals surface area (Å²) in [5.41, 5.74) is 0.218. The van der Waals surface area contributed by atoms with Crippen molar-refractivity contribution in [2.24, 2.45) is 0 Å². The molecular formula is C18H16ClF2NO4. The van der Waals surface area contributed by atoms with Crippen LogP contribution in [0.25, 0.3) is 0 Å². The van der Waals surface area contributed by atoms with Crippen molar-refractivity contribution in [1.29, 1.82) is 0 Å². The van der Waals surface area contributed by atoms with Crippen molar-refractivity contribution >= 4 is 23.5 Å². The zero-order valence-electron chi connectivity index (χ0n) is 13.8. The maximum atomic E-state index is 13.9. The third-order valence-corrected chi connectivity index (χ3v) is 4.08. The van der Waals surface area contributed by atoms with Crippen molar-refractivity contribution in [3.63, 3.8) is 0 Å². The number of hydrogen-bond acceptors (Lipinski definition) is 3. The Bertz CT molecular complexity index is 816. The van der Waals surface area contributed by atoms with Crippen molar-refractivity contribution in [3.05, 3.63) is 70.2 Å². The Labute approximate surface area is 153 Å². The van der Waals surface area contributed by atoms with Gasteiger partial charge in [-0.15, -0.1) is 0 Å². The van der Waals surface area contributed by atoms with Crippen molar-refractivity contribution in [3.8, 4) is 0 Å². The number of carboxylic acid groups (broad SMARTS) is 1. The lowest BCUT2D eigenvalue weighted by Gasteiger charge is -2.25. The fourth-order valence-electron chi connectivity index (χ4n) is 2.34. The number of amides is 1. The first-order valence-electron chi connectivity index (χ1n) is 7.56. The van der Waals surface area contributed by atoms with E-state index in [-0.39, 0.29) is 6.61 Å². The van der Waals surface area contributed by atoms with Gasteiger partial charge in [-0.05, 0) is 29.8 Å². The number of carboxylic acids is 1. The van der Waals surface area contributed by atoms with Gasteiger partial charge in [-0.3, -0.25) is 4.79 Å². The average molecular weight is 384 g/mol. The highest BCUT2D eigenvalue weighted by atomic mass is 35.5. The van der Waals surface area contributed by atoms with Crippen molar-refractivity contribution < 1.29 is 28.2 Å². The number of likely N-dealkylation sites (N-methyl/N-ethyl adjacent to an activating group) is 1. The molecule has 0 saturated heterocycles. The second-order valence-electron chi connectivity index (χ2n) is 5.50. The van der Waals surface area contributed by atoms with E-state index in [9.17, 15) is 23.5 Å². The number of nitrogens with zero attached hydrogens (tertiary/aromatic N) is 1. The summed E-state index contributed by atoms with van der Waals surface area (Å²) >= 11 is 5.98. The molecule has 0 spiro atoms. The number of rotatable bonds is 7. The van der Waals surface area contributed by atoms with Gasteiger partial charge in [0.25, 0.3) is 0 Å². The second-order valence-corrected chi connectivity index (χ2v) is 5.90. The zero-order valence-corrected chi connectivity index (χ0v) is 14.5. The van der Waals surface area contributed by atoms with Crippen LogP contribution in [-0.2, 0) is 20.9 Å². The second kappa shape index (κ2) is 8.73. The van der Waals surface area contributed by atoms with Gasteiger partial charge in [0.2, 0.25) is 5.91 Å². The highest BCUT2D eigenvalue weighted by Crippen LogP contribution is 2.24. The van der Waals surface area contributed by atoms with Crippen LogP contribution in [0.15, 0.2) is 42.5 Å². The van der Waals surface area contributed by atoms with Gasteiger partial charge >= 0.3 is 5.97 Å². The van der Waals surface area contributed by atoms with E-state index in [1.54, 1.807) is 24.3 Å². The minimum atomic E-state index is -1.68. The van der Waals surface area contributed by atoms with E-state index in [0.717, 1.165) is 23.1 Å². The van der Waals surface area contributed by atoms with Crippen LogP contribution < -0.4 is 0 Å². The highest BCUT2D eigenvalue weighted by molar-refractivity contribution is 6.31. The van der Waals surface area contributed by atoms with E-state index in [1.165, 1.54) is 7.05 Å². The first-order valence-corrected chi connectivity index (χ1v) is 7.93. The van der Waals surface area contributed by atoms with Gasteiger partial charge in [0.05, 0.1) is 6.61 Å². The van der Waals surface area contributed by atoms with Gasteiger partial charge in [0.1, 0.15) is 18.2 Å². The molecule has 0 aromatic heterocycles. The number of carbonyl (C=O) groups is 2. The number of carbonyl (C=O) groups excluding carboxylic acids is 1.